The van der Waals surface area contributed by atoms with E-state index < -0.39 is 23.9 Å². The van der Waals surface area contributed by atoms with Gasteiger partial charge in [0.25, 0.3) is 0 Å². The van der Waals surface area contributed by atoms with Gasteiger partial charge < -0.3 is 20.4 Å². The van der Waals surface area contributed by atoms with Gasteiger partial charge in [-0.2, -0.15) is 0 Å². The third kappa shape index (κ3) is 38.5. The summed E-state index contributed by atoms with van der Waals surface area (Å²) < 4.78 is 0. The quantitative estimate of drug-likeness (QED) is 0.286. The van der Waals surface area contributed by atoms with Gasteiger partial charge >= 0.3 is 23.9 Å². The molecule has 0 aliphatic rings. The third-order valence-corrected chi connectivity index (χ3v) is 3.06. The molecule has 0 aliphatic heterocycles. The predicted molar refractivity (Wildman–Crippen MR) is 85.9 cm³/mol. The van der Waals surface area contributed by atoms with Crippen molar-refractivity contribution in [2.45, 2.75) is 77.0 Å². The van der Waals surface area contributed by atoms with Crippen LogP contribution in [-0.2, 0) is 52.7 Å². The van der Waals surface area contributed by atoms with Crippen LogP contribution in [-0.4, -0.2) is 44.3 Å². The topological polar surface area (TPSA) is 149 Å². The molecule has 2 radical (unpaired) electrons. The van der Waals surface area contributed by atoms with Crippen molar-refractivity contribution in [2.24, 2.45) is 0 Å². The molecule has 0 aromatic carbocycles. The minimum Gasteiger partial charge on any atom is -0.481 e. The van der Waals surface area contributed by atoms with E-state index in [-0.39, 0.29) is 59.2 Å². The Balaban J connectivity index is -0.000000173. The van der Waals surface area contributed by atoms with Crippen LogP contribution >= 0.6 is 0 Å². The molecule has 26 heavy (non-hydrogen) atoms. The molecular weight excluding hydrogens is 438 g/mol. The molecule has 4 N–H and O–H groups in total. The van der Waals surface area contributed by atoms with Gasteiger partial charge in [0.05, 0.1) is 0 Å². The van der Waals surface area contributed by atoms with Crippen molar-refractivity contribution in [2.75, 3.05) is 0 Å². The molecule has 0 unspecified atom stereocenters. The van der Waals surface area contributed by atoms with Crippen molar-refractivity contribution in [1.29, 1.82) is 0 Å². The summed E-state index contributed by atoms with van der Waals surface area (Å²) in [5.41, 5.74) is 0. The van der Waals surface area contributed by atoms with E-state index in [1.54, 1.807) is 0 Å². The van der Waals surface area contributed by atoms with Gasteiger partial charge in [-0.15, -0.1) is 0 Å². The summed E-state index contributed by atoms with van der Waals surface area (Å²) in [6, 6.07) is 0. The van der Waals surface area contributed by atoms with Crippen LogP contribution in [0.1, 0.15) is 77.0 Å². The van der Waals surface area contributed by atoms with E-state index in [0.717, 1.165) is 25.7 Å². The minimum atomic E-state index is -0.784. The summed E-state index contributed by atoms with van der Waals surface area (Å²) in [4.78, 5) is 40.2. The first-order chi connectivity index (χ1) is 11.3. The fourth-order valence-corrected chi connectivity index (χ4v) is 1.81. The second-order valence-electron chi connectivity index (χ2n) is 5.40. The second kappa shape index (κ2) is 23.9. The zero-order valence-electron chi connectivity index (χ0n) is 14.6. The van der Waals surface area contributed by atoms with Crippen molar-refractivity contribution in [3.8, 4) is 0 Å². The minimum absolute atomic E-state index is 0. The predicted octanol–water partition coefficient (Wildman–Crippen LogP) is 2.99. The van der Waals surface area contributed by atoms with E-state index in [9.17, 15) is 19.2 Å². The average Bonchev–Trinajstić information content (AvgIpc) is 2.46. The number of carbonyl (C=O) groups is 4. The Morgan fingerprint density at radius 3 is 0.654 bits per heavy atom. The van der Waals surface area contributed by atoms with Crippen molar-refractivity contribution in [1.82, 2.24) is 0 Å². The molecule has 0 aliphatic carbocycles. The number of rotatable bonds is 14. The maximum Gasteiger partial charge on any atom is 0.303 e. The average molecular weight is 466 g/mol. The fraction of sp³-hybridized carbons (Fsp3) is 0.750. The van der Waals surface area contributed by atoms with E-state index in [0.29, 0.717) is 25.7 Å². The zero-order chi connectivity index (χ0) is 18.8. The van der Waals surface area contributed by atoms with Gasteiger partial charge in [-0.1, -0.05) is 25.7 Å². The first-order valence-electron chi connectivity index (χ1n) is 8.13. The van der Waals surface area contributed by atoms with Crippen LogP contribution in [0.2, 0.25) is 0 Å². The van der Waals surface area contributed by atoms with Crippen LogP contribution in [0, 0.1) is 0 Å². The first-order valence-corrected chi connectivity index (χ1v) is 8.13. The van der Waals surface area contributed by atoms with Crippen molar-refractivity contribution >= 4 is 23.9 Å². The van der Waals surface area contributed by atoms with E-state index in [4.69, 9.17) is 20.4 Å². The van der Waals surface area contributed by atoms with Gasteiger partial charge in [-0.25, -0.2) is 0 Å². The van der Waals surface area contributed by atoms with Crippen LogP contribution < -0.4 is 0 Å². The maximum atomic E-state index is 10.0. The summed E-state index contributed by atoms with van der Waals surface area (Å²) in [6.07, 6.45) is 6.56. The molecule has 8 nitrogen and oxygen atoms in total. The van der Waals surface area contributed by atoms with Crippen molar-refractivity contribution in [3.63, 3.8) is 0 Å². The Hall–Kier alpha value is -1.11. The van der Waals surface area contributed by atoms with Crippen molar-refractivity contribution < 1.29 is 73.2 Å². The molecule has 0 rings (SSSR count). The summed E-state index contributed by atoms with van der Waals surface area (Å²) in [6.45, 7) is 0. The van der Waals surface area contributed by atoms with Gasteiger partial charge in [-0.3, -0.25) is 19.2 Å². The molecule has 0 bridgehead atoms. The molecule has 0 aromatic rings. The van der Waals surface area contributed by atoms with Crippen LogP contribution in [0.15, 0.2) is 0 Å². The fourth-order valence-electron chi connectivity index (χ4n) is 1.81. The van der Waals surface area contributed by atoms with Crippen molar-refractivity contribution in [3.05, 3.63) is 0 Å². The van der Waals surface area contributed by atoms with E-state index in [2.05, 4.69) is 0 Å². The molecule has 10 heteroatoms. The molecule has 0 atom stereocenters. The van der Waals surface area contributed by atoms with E-state index >= 15 is 0 Å². The molecule has 0 aromatic heterocycles. The van der Waals surface area contributed by atoms with Crippen LogP contribution in [0.4, 0.5) is 0 Å². The summed E-state index contributed by atoms with van der Waals surface area (Å²) in [5.74, 6) is -3.14. The zero-order valence-corrected chi connectivity index (χ0v) is 16.7. The number of unbranched alkanes of at least 4 members (excludes halogenated alkanes) is 6. The Bertz CT molecular complexity index is 316. The Morgan fingerprint density at radius 1 is 0.385 bits per heavy atom. The van der Waals surface area contributed by atoms with Crippen LogP contribution in [0.3, 0.4) is 0 Å². The molecule has 0 saturated heterocycles. The third-order valence-electron chi connectivity index (χ3n) is 3.06. The molecule has 158 valence electrons. The maximum absolute atomic E-state index is 10.0. The van der Waals surface area contributed by atoms with Gasteiger partial charge in [0.15, 0.2) is 0 Å². The summed E-state index contributed by atoms with van der Waals surface area (Å²) in [7, 11) is 0. The Kier molecular flexibility index (Phi) is 29.9. The number of carboxylic acids is 4. The van der Waals surface area contributed by atoms with Crippen LogP contribution in [0.25, 0.3) is 0 Å². The molecule has 0 amide bonds. The van der Waals surface area contributed by atoms with Crippen LogP contribution in [0.5, 0.6) is 0 Å². The van der Waals surface area contributed by atoms with Gasteiger partial charge in [-0.05, 0) is 25.7 Å². The number of hydrogen-bond acceptors (Lipinski definition) is 4. The van der Waals surface area contributed by atoms with E-state index in [1.807, 2.05) is 0 Å². The summed E-state index contributed by atoms with van der Waals surface area (Å²) >= 11 is 0. The smallest absolute Gasteiger partial charge is 0.303 e. The molecule has 0 spiro atoms. The molecule has 0 fully saturated rings. The van der Waals surface area contributed by atoms with E-state index in [1.165, 1.54) is 0 Å². The number of carboxylic acid groups (broad SMARTS) is 4. The van der Waals surface area contributed by atoms with Gasteiger partial charge in [0.1, 0.15) is 0 Å². The Morgan fingerprint density at radius 2 is 0.538 bits per heavy atom. The monoisotopic (exact) mass is 466 g/mol. The normalized spacial score (nSPS) is 8.92. The SMILES string of the molecule is O=C(O)CCCCCCC(=O)O.O=C(O)CCCCCCC(=O)O.[Co].[Co]. The first kappa shape index (κ1) is 32.6. The largest absolute Gasteiger partial charge is 0.481 e. The molecular formula is C16H28Co2O8. The standard InChI is InChI=1S/2C8H14O4.2Co/c2*9-7(10)5-3-1-2-4-6-8(11)12;;/h2*1-6H2,(H,9,10)(H,11,12);;. The molecule has 0 saturated carbocycles. The Labute approximate surface area is 174 Å². The summed E-state index contributed by atoms with van der Waals surface area (Å²) in [5, 5.41) is 33.1. The van der Waals surface area contributed by atoms with Gasteiger partial charge in [0, 0.05) is 59.2 Å². The molecule has 0 heterocycles. The second-order valence-corrected chi connectivity index (χ2v) is 5.40. The number of hydrogen-bond donors (Lipinski definition) is 4. The van der Waals surface area contributed by atoms with Gasteiger partial charge in [0.2, 0.25) is 0 Å². The number of aliphatic carboxylic acids is 4.